The van der Waals surface area contributed by atoms with Crippen molar-refractivity contribution in [2.75, 3.05) is 13.1 Å². The first kappa shape index (κ1) is 18.2. The molecule has 0 amide bonds. The first-order valence-electron chi connectivity index (χ1n) is 5.28. The molecule has 21 heavy (non-hydrogen) atoms. The van der Waals surface area contributed by atoms with Gasteiger partial charge in [-0.3, -0.25) is 19.2 Å². The van der Waals surface area contributed by atoms with Crippen LogP contribution >= 0.6 is 0 Å². The summed E-state index contributed by atoms with van der Waals surface area (Å²) < 4.78 is 0. The van der Waals surface area contributed by atoms with Crippen LogP contribution in [0.25, 0.3) is 0 Å². The van der Waals surface area contributed by atoms with Gasteiger partial charge in [-0.05, 0) is 6.58 Å². The zero-order valence-electron chi connectivity index (χ0n) is 10.5. The van der Waals surface area contributed by atoms with Gasteiger partial charge in [0.2, 0.25) is 5.88 Å². The van der Waals surface area contributed by atoms with Gasteiger partial charge in [0.25, 0.3) is 0 Å². The fourth-order valence-electron chi connectivity index (χ4n) is 1.30. The maximum Gasteiger partial charge on any atom is 0.319 e. The highest BCUT2D eigenvalue weighted by Crippen LogP contribution is 2.12. The lowest BCUT2D eigenvalue weighted by atomic mass is 10.1. The van der Waals surface area contributed by atoms with Gasteiger partial charge in [0.1, 0.15) is 0 Å². The zero-order valence-corrected chi connectivity index (χ0v) is 10.5. The first-order chi connectivity index (χ1) is 9.61. The van der Waals surface area contributed by atoms with Gasteiger partial charge in [0, 0.05) is 13.1 Å². The number of carboxylic acid groups (broad SMARTS) is 4. The summed E-state index contributed by atoms with van der Waals surface area (Å²) in [5.74, 6) is -11.6. The molecule has 0 aliphatic carbocycles. The molecule has 0 atom stereocenters. The Morgan fingerprint density at radius 2 is 1.14 bits per heavy atom. The van der Waals surface area contributed by atoms with E-state index in [1.54, 1.807) is 0 Å². The Morgan fingerprint density at radius 1 is 0.857 bits per heavy atom. The summed E-state index contributed by atoms with van der Waals surface area (Å²) in [7, 11) is 0. The molecule has 0 rings (SSSR count). The number of rotatable bonds is 10. The second-order valence-electron chi connectivity index (χ2n) is 3.85. The normalized spacial score (nSPS) is 10.2. The third kappa shape index (κ3) is 5.36. The topological polar surface area (TPSA) is 182 Å². The van der Waals surface area contributed by atoms with Crippen molar-refractivity contribution < 1.29 is 49.7 Å². The molecule has 0 aromatic carbocycles. The number of carbonyl (C=O) groups is 4. The van der Waals surface area contributed by atoms with Gasteiger partial charge < -0.3 is 30.2 Å². The van der Waals surface area contributed by atoms with Crippen LogP contribution < -0.4 is 0 Å². The number of carboxylic acids is 4. The molecule has 11 nitrogen and oxygen atoms in total. The summed E-state index contributed by atoms with van der Waals surface area (Å²) in [5, 5.41) is 43.4. The lowest BCUT2D eigenvalue weighted by molar-refractivity contribution is -0.225. The number of hydrogen-bond acceptors (Lipinski definition) is 7. The fourth-order valence-corrected chi connectivity index (χ4v) is 1.30. The van der Waals surface area contributed by atoms with Crippen molar-refractivity contribution in [2.45, 2.75) is 0 Å². The van der Waals surface area contributed by atoms with Crippen molar-refractivity contribution >= 4 is 23.9 Å². The minimum absolute atomic E-state index is 0.597. The summed E-state index contributed by atoms with van der Waals surface area (Å²) in [6, 6.07) is 0. The van der Waals surface area contributed by atoms with Crippen molar-refractivity contribution in [1.29, 1.82) is 0 Å². The monoisotopic (exact) mass is 307 g/mol. The van der Waals surface area contributed by atoms with Crippen LogP contribution in [0.2, 0.25) is 0 Å². The van der Waals surface area contributed by atoms with Gasteiger partial charge in [-0.25, -0.2) is 5.26 Å². The molecule has 0 saturated carbocycles. The third-order valence-electron chi connectivity index (χ3n) is 2.46. The van der Waals surface area contributed by atoms with Crippen molar-refractivity contribution in [3.8, 4) is 0 Å². The highest BCUT2D eigenvalue weighted by atomic mass is 17.1. The predicted octanol–water partition coefficient (Wildman–Crippen LogP) is -1.18. The quantitative estimate of drug-likeness (QED) is 0.142. The minimum atomic E-state index is -2.00. The molecule has 5 N–H and O–H groups in total. The van der Waals surface area contributed by atoms with Crippen molar-refractivity contribution in [1.82, 2.24) is 4.90 Å². The Balaban J connectivity index is 5.25. The Bertz CT molecular complexity index is 397. The standard InChI is InChI=1S/C10H13NO10/c1-4(21-20)11(2-5(7(12)13)8(14)15)3-6(9(16)17)10(18)19/h5-6,20H,1-3H2,(H,12,13)(H,14,15)(H,16,17)(H,18,19). The maximum atomic E-state index is 10.8. The molecule has 0 aliphatic heterocycles. The number of aliphatic carboxylic acids is 4. The lowest BCUT2D eigenvalue weighted by Crippen LogP contribution is -2.42. The molecular formula is C10H13NO10. The summed E-state index contributed by atoms with van der Waals surface area (Å²) in [5.41, 5.74) is 0. The number of nitrogens with zero attached hydrogens (tertiary/aromatic N) is 1. The van der Waals surface area contributed by atoms with Gasteiger partial charge >= 0.3 is 23.9 Å². The highest BCUT2D eigenvalue weighted by molar-refractivity contribution is 5.94. The molecule has 0 aliphatic rings. The Morgan fingerprint density at radius 3 is 1.33 bits per heavy atom. The van der Waals surface area contributed by atoms with E-state index in [0.717, 1.165) is 0 Å². The Labute approximate surface area is 117 Å². The molecule has 0 radical (unpaired) electrons. The molecule has 11 heteroatoms. The summed E-state index contributed by atoms with van der Waals surface area (Å²) in [6.45, 7) is 1.41. The van der Waals surface area contributed by atoms with E-state index in [-0.39, 0.29) is 0 Å². The zero-order chi connectivity index (χ0) is 16.7. The van der Waals surface area contributed by atoms with E-state index in [4.69, 9.17) is 25.7 Å². The SMILES string of the molecule is C=C(OO)N(CC(C(=O)O)C(=O)O)CC(C(=O)O)C(=O)O. The average Bonchev–Trinajstić information content (AvgIpc) is 2.36. The predicted molar refractivity (Wildman–Crippen MR) is 62.0 cm³/mol. The fraction of sp³-hybridized carbons (Fsp3) is 0.400. The molecule has 118 valence electrons. The minimum Gasteiger partial charge on any atom is -0.481 e. The summed E-state index contributed by atoms with van der Waals surface area (Å²) in [6.07, 6.45) is 0. The molecule has 0 aromatic heterocycles. The van der Waals surface area contributed by atoms with Crippen molar-refractivity contribution in [2.24, 2.45) is 11.8 Å². The van der Waals surface area contributed by atoms with E-state index in [0.29, 0.717) is 4.90 Å². The molecule has 0 fully saturated rings. The van der Waals surface area contributed by atoms with Crippen LogP contribution in [0.1, 0.15) is 0 Å². The second kappa shape index (κ2) is 7.69. The summed E-state index contributed by atoms with van der Waals surface area (Å²) >= 11 is 0. The van der Waals surface area contributed by atoms with Gasteiger partial charge in [0.15, 0.2) is 11.8 Å². The van der Waals surface area contributed by atoms with Crippen LogP contribution in [-0.2, 0) is 24.1 Å². The molecular weight excluding hydrogens is 294 g/mol. The van der Waals surface area contributed by atoms with Gasteiger partial charge in [-0.1, -0.05) is 0 Å². The lowest BCUT2D eigenvalue weighted by Gasteiger charge is -2.26. The average molecular weight is 307 g/mol. The number of hydrogen-bond donors (Lipinski definition) is 5. The van der Waals surface area contributed by atoms with E-state index in [2.05, 4.69) is 11.5 Å². The van der Waals surface area contributed by atoms with E-state index in [1.165, 1.54) is 0 Å². The molecule has 0 unspecified atom stereocenters. The molecule has 0 saturated heterocycles. The van der Waals surface area contributed by atoms with Crippen LogP contribution in [0.4, 0.5) is 0 Å². The van der Waals surface area contributed by atoms with Crippen LogP contribution in [0, 0.1) is 11.8 Å². The van der Waals surface area contributed by atoms with Crippen LogP contribution in [0.5, 0.6) is 0 Å². The van der Waals surface area contributed by atoms with E-state index >= 15 is 0 Å². The molecule has 0 spiro atoms. The first-order valence-corrected chi connectivity index (χ1v) is 5.28. The van der Waals surface area contributed by atoms with E-state index < -0.39 is 54.7 Å². The molecule has 0 bridgehead atoms. The molecule has 0 aromatic rings. The van der Waals surface area contributed by atoms with E-state index in [1.807, 2.05) is 0 Å². The second-order valence-corrected chi connectivity index (χ2v) is 3.85. The summed E-state index contributed by atoms with van der Waals surface area (Å²) in [4.78, 5) is 47.4. The van der Waals surface area contributed by atoms with Gasteiger partial charge in [-0.2, -0.15) is 0 Å². The Kier molecular flexibility index (Phi) is 6.66. The van der Waals surface area contributed by atoms with Gasteiger partial charge in [-0.15, -0.1) is 0 Å². The van der Waals surface area contributed by atoms with E-state index in [9.17, 15) is 19.2 Å². The van der Waals surface area contributed by atoms with Crippen LogP contribution in [-0.4, -0.2) is 67.5 Å². The smallest absolute Gasteiger partial charge is 0.319 e. The highest BCUT2D eigenvalue weighted by Gasteiger charge is 2.34. The third-order valence-corrected chi connectivity index (χ3v) is 2.46. The molecule has 0 heterocycles. The maximum absolute atomic E-state index is 10.8. The van der Waals surface area contributed by atoms with Gasteiger partial charge in [0.05, 0.1) is 0 Å². The van der Waals surface area contributed by atoms with Crippen molar-refractivity contribution in [3.63, 3.8) is 0 Å². The van der Waals surface area contributed by atoms with Crippen LogP contribution in [0.3, 0.4) is 0 Å². The van der Waals surface area contributed by atoms with Crippen molar-refractivity contribution in [3.05, 3.63) is 12.5 Å². The largest absolute Gasteiger partial charge is 0.481 e. The van der Waals surface area contributed by atoms with Crippen LogP contribution in [0.15, 0.2) is 12.5 Å². The Hall–Kier alpha value is -2.82.